The van der Waals surface area contributed by atoms with E-state index in [-0.39, 0.29) is 5.97 Å². The van der Waals surface area contributed by atoms with Crippen LogP contribution < -0.4 is 0 Å². The number of benzene rings is 2. The minimum absolute atomic E-state index is 0.321. The SMILES string of the molecule is CCOC(=O)c1ccc(-n2cc(C#N)c(-c3ccc(C(=O)OC)cc3)c2)cc1. The van der Waals surface area contributed by atoms with E-state index in [0.717, 1.165) is 16.8 Å². The lowest BCUT2D eigenvalue weighted by Crippen LogP contribution is -2.04. The smallest absolute Gasteiger partial charge is 0.338 e. The summed E-state index contributed by atoms with van der Waals surface area (Å²) in [7, 11) is 1.33. The Hall–Kier alpha value is -3.85. The van der Waals surface area contributed by atoms with E-state index < -0.39 is 5.97 Å². The Bertz CT molecular complexity index is 1040. The van der Waals surface area contributed by atoms with Crippen molar-refractivity contribution in [1.29, 1.82) is 5.26 Å². The average Bonchev–Trinajstić information content (AvgIpc) is 3.18. The van der Waals surface area contributed by atoms with Crippen molar-refractivity contribution in [3.63, 3.8) is 0 Å². The summed E-state index contributed by atoms with van der Waals surface area (Å²) in [5, 5.41) is 9.50. The molecule has 0 amide bonds. The first kappa shape index (κ1) is 18.9. The zero-order valence-corrected chi connectivity index (χ0v) is 15.5. The summed E-state index contributed by atoms with van der Waals surface area (Å²) in [6.45, 7) is 2.08. The Morgan fingerprint density at radius 2 is 1.57 bits per heavy atom. The first-order valence-electron chi connectivity index (χ1n) is 8.65. The second-order valence-corrected chi connectivity index (χ2v) is 5.94. The van der Waals surface area contributed by atoms with E-state index in [9.17, 15) is 14.9 Å². The third-order valence-electron chi connectivity index (χ3n) is 4.24. The topological polar surface area (TPSA) is 81.3 Å². The highest BCUT2D eigenvalue weighted by molar-refractivity contribution is 5.90. The van der Waals surface area contributed by atoms with Crippen molar-refractivity contribution >= 4 is 11.9 Å². The third-order valence-corrected chi connectivity index (χ3v) is 4.24. The largest absolute Gasteiger partial charge is 0.465 e. The van der Waals surface area contributed by atoms with Crippen LogP contribution in [-0.4, -0.2) is 30.2 Å². The summed E-state index contributed by atoms with van der Waals surface area (Å²) in [6.07, 6.45) is 3.56. The van der Waals surface area contributed by atoms with Gasteiger partial charge in [-0.25, -0.2) is 9.59 Å². The molecule has 6 nitrogen and oxygen atoms in total. The van der Waals surface area contributed by atoms with Crippen LogP contribution in [0.25, 0.3) is 16.8 Å². The van der Waals surface area contributed by atoms with Crippen molar-refractivity contribution in [1.82, 2.24) is 4.57 Å². The molecule has 140 valence electrons. The van der Waals surface area contributed by atoms with Gasteiger partial charge in [0.25, 0.3) is 0 Å². The summed E-state index contributed by atoms with van der Waals surface area (Å²) < 4.78 is 11.5. The molecule has 1 aromatic heterocycles. The number of carbonyl (C=O) groups excluding carboxylic acids is 2. The molecule has 2 aromatic carbocycles. The Balaban J connectivity index is 1.92. The van der Waals surface area contributed by atoms with E-state index in [0.29, 0.717) is 23.3 Å². The number of esters is 2. The molecule has 0 bridgehead atoms. The van der Waals surface area contributed by atoms with E-state index in [1.165, 1.54) is 7.11 Å². The molecule has 0 radical (unpaired) electrons. The van der Waals surface area contributed by atoms with Gasteiger partial charge in [0.2, 0.25) is 0 Å². The Labute approximate surface area is 162 Å². The molecule has 0 saturated heterocycles. The molecular weight excluding hydrogens is 356 g/mol. The molecule has 0 unspecified atom stereocenters. The minimum atomic E-state index is -0.411. The van der Waals surface area contributed by atoms with Crippen molar-refractivity contribution in [2.24, 2.45) is 0 Å². The molecule has 0 atom stereocenters. The predicted octanol–water partition coefficient (Wildman–Crippen LogP) is 3.98. The molecule has 0 N–H and O–H groups in total. The van der Waals surface area contributed by atoms with Gasteiger partial charge in [0.05, 0.1) is 30.4 Å². The number of aromatic nitrogens is 1. The molecule has 0 aliphatic rings. The maximum atomic E-state index is 11.8. The molecule has 0 aliphatic carbocycles. The standard InChI is InChI=1S/C22H18N2O4/c1-3-28-22(26)17-8-10-19(11-9-17)24-13-18(12-23)20(14-24)15-4-6-16(7-5-15)21(25)27-2/h4-11,13-14H,3H2,1-2H3. The van der Waals surface area contributed by atoms with Crippen LogP contribution in [0.3, 0.4) is 0 Å². The highest BCUT2D eigenvalue weighted by atomic mass is 16.5. The summed E-state index contributed by atoms with van der Waals surface area (Å²) in [6, 6.07) is 16.0. The fourth-order valence-electron chi connectivity index (χ4n) is 2.81. The molecule has 0 spiro atoms. The van der Waals surface area contributed by atoms with Gasteiger partial charge < -0.3 is 14.0 Å². The lowest BCUT2D eigenvalue weighted by molar-refractivity contribution is 0.0525. The number of nitrogens with zero attached hydrogens (tertiary/aromatic N) is 2. The molecule has 3 rings (SSSR count). The van der Waals surface area contributed by atoms with Crippen LogP contribution in [-0.2, 0) is 9.47 Å². The number of ether oxygens (including phenoxy) is 2. The first-order chi connectivity index (χ1) is 13.6. The van der Waals surface area contributed by atoms with Crippen molar-refractivity contribution in [2.45, 2.75) is 6.92 Å². The monoisotopic (exact) mass is 374 g/mol. The quantitative estimate of drug-likeness (QED) is 0.631. The van der Waals surface area contributed by atoms with Crippen LogP contribution in [0.4, 0.5) is 0 Å². The summed E-state index contributed by atoms with van der Waals surface area (Å²) in [5.41, 5.74) is 3.78. The van der Waals surface area contributed by atoms with Crippen molar-refractivity contribution in [2.75, 3.05) is 13.7 Å². The summed E-state index contributed by atoms with van der Waals surface area (Å²) in [5.74, 6) is -0.781. The van der Waals surface area contributed by atoms with Gasteiger partial charge in [-0.1, -0.05) is 12.1 Å². The van der Waals surface area contributed by atoms with Crippen LogP contribution in [0.1, 0.15) is 33.2 Å². The highest BCUT2D eigenvalue weighted by Crippen LogP contribution is 2.27. The first-order valence-corrected chi connectivity index (χ1v) is 8.65. The van der Waals surface area contributed by atoms with Gasteiger partial charge in [-0.05, 0) is 48.9 Å². The highest BCUT2D eigenvalue weighted by Gasteiger charge is 2.12. The molecule has 0 aliphatic heterocycles. The molecule has 28 heavy (non-hydrogen) atoms. The summed E-state index contributed by atoms with van der Waals surface area (Å²) >= 11 is 0. The Morgan fingerprint density at radius 1 is 0.964 bits per heavy atom. The van der Waals surface area contributed by atoms with Gasteiger partial charge in [-0.15, -0.1) is 0 Å². The molecule has 0 saturated carbocycles. The molecule has 0 fully saturated rings. The second kappa shape index (κ2) is 8.23. The van der Waals surface area contributed by atoms with E-state index in [2.05, 4.69) is 6.07 Å². The lowest BCUT2D eigenvalue weighted by Gasteiger charge is -2.05. The van der Waals surface area contributed by atoms with Crippen LogP contribution in [0.2, 0.25) is 0 Å². The molecular formula is C22H18N2O4. The number of hydrogen-bond donors (Lipinski definition) is 0. The number of hydrogen-bond acceptors (Lipinski definition) is 5. The lowest BCUT2D eigenvalue weighted by atomic mass is 10.0. The maximum absolute atomic E-state index is 11.8. The fourth-order valence-corrected chi connectivity index (χ4v) is 2.81. The van der Waals surface area contributed by atoms with Gasteiger partial charge in [0.15, 0.2) is 0 Å². The Kier molecular flexibility index (Phi) is 5.56. The van der Waals surface area contributed by atoms with Gasteiger partial charge in [-0.3, -0.25) is 0 Å². The van der Waals surface area contributed by atoms with Crippen LogP contribution in [0, 0.1) is 11.3 Å². The van der Waals surface area contributed by atoms with E-state index in [1.54, 1.807) is 61.7 Å². The number of carbonyl (C=O) groups is 2. The van der Waals surface area contributed by atoms with Gasteiger partial charge >= 0.3 is 11.9 Å². The Morgan fingerprint density at radius 3 is 2.14 bits per heavy atom. The molecule has 1 heterocycles. The number of rotatable bonds is 5. The minimum Gasteiger partial charge on any atom is -0.465 e. The van der Waals surface area contributed by atoms with Gasteiger partial charge in [0, 0.05) is 23.6 Å². The normalized spacial score (nSPS) is 10.2. The molecule has 6 heteroatoms. The van der Waals surface area contributed by atoms with Crippen molar-refractivity contribution in [3.05, 3.63) is 77.6 Å². The van der Waals surface area contributed by atoms with Crippen LogP contribution in [0.5, 0.6) is 0 Å². The number of methoxy groups -OCH3 is 1. The second-order valence-electron chi connectivity index (χ2n) is 5.94. The average molecular weight is 374 g/mol. The number of nitriles is 1. The van der Waals surface area contributed by atoms with Crippen molar-refractivity contribution in [3.8, 4) is 22.9 Å². The van der Waals surface area contributed by atoms with Gasteiger partial charge in [0.1, 0.15) is 6.07 Å². The van der Waals surface area contributed by atoms with Gasteiger partial charge in [-0.2, -0.15) is 5.26 Å². The maximum Gasteiger partial charge on any atom is 0.338 e. The summed E-state index contributed by atoms with van der Waals surface area (Å²) in [4.78, 5) is 23.4. The molecule has 3 aromatic rings. The third kappa shape index (κ3) is 3.79. The predicted molar refractivity (Wildman–Crippen MR) is 103 cm³/mol. The van der Waals surface area contributed by atoms with E-state index >= 15 is 0 Å². The van der Waals surface area contributed by atoms with Crippen LogP contribution in [0.15, 0.2) is 60.9 Å². The van der Waals surface area contributed by atoms with E-state index in [1.807, 2.05) is 10.8 Å². The van der Waals surface area contributed by atoms with E-state index in [4.69, 9.17) is 9.47 Å². The zero-order valence-electron chi connectivity index (χ0n) is 15.5. The fraction of sp³-hybridized carbons (Fsp3) is 0.136. The van der Waals surface area contributed by atoms with Crippen LogP contribution >= 0.6 is 0 Å². The zero-order chi connectivity index (χ0) is 20.1. The van der Waals surface area contributed by atoms with Crippen molar-refractivity contribution < 1.29 is 19.1 Å².